The Balaban J connectivity index is 1.79. The van der Waals surface area contributed by atoms with E-state index in [0.29, 0.717) is 44.4 Å². The van der Waals surface area contributed by atoms with Gasteiger partial charge in [0.15, 0.2) is 11.5 Å². The summed E-state index contributed by atoms with van der Waals surface area (Å²) in [5, 5.41) is 0. The molecule has 2 heterocycles. The summed E-state index contributed by atoms with van der Waals surface area (Å²) >= 11 is 0. The number of fused-ring (bicyclic) bond motifs is 1. The van der Waals surface area contributed by atoms with E-state index >= 15 is 0 Å². The number of ether oxygens (including phenoxy) is 4. The lowest BCUT2D eigenvalue weighted by Gasteiger charge is -2.21. The van der Waals surface area contributed by atoms with Crippen LogP contribution < -0.4 is 30.4 Å². The van der Waals surface area contributed by atoms with Gasteiger partial charge in [0.2, 0.25) is 5.95 Å². The first kappa shape index (κ1) is 20.6. The first-order valence-electron chi connectivity index (χ1n) is 10.3. The number of nitrogens with zero attached hydrogens (tertiary/aromatic N) is 2. The number of hydrogen-bond donors (Lipinski definition) is 2. The van der Waals surface area contributed by atoms with Crippen LogP contribution in [-0.2, 0) is 6.42 Å². The topological polar surface area (TPSA) is 115 Å². The maximum absolute atomic E-state index is 6.03. The van der Waals surface area contributed by atoms with Gasteiger partial charge in [-0.15, -0.1) is 0 Å². The molecule has 0 saturated heterocycles. The quantitative estimate of drug-likeness (QED) is 0.595. The molecule has 8 nitrogen and oxygen atoms in total. The average molecular weight is 422 g/mol. The van der Waals surface area contributed by atoms with Gasteiger partial charge < -0.3 is 30.4 Å². The number of hydrogen-bond acceptors (Lipinski definition) is 8. The van der Waals surface area contributed by atoms with E-state index in [9.17, 15) is 0 Å². The standard InChI is InChI=1S/C23H26N4O4/c1-3-28-19-10-14(9-16-13-26-23(25)27-22(16)24)11-20(29-4-2)21(19)15-5-6-17-18(12-15)31-8-7-30-17/h5-6,10-13H,3-4,7-9H2,1-2H3,(H4,24,25,26,27). The molecule has 162 valence electrons. The molecule has 2 aromatic carbocycles. The zero-order valence-corrected chi connectivity index (χ0v) is 17.7. The van der Waals surface area contributed by atoms with Gasteiger partial charge in [-0.25, -0.2) is 4.98 Å². The minimum absolute atomic E-state index is 0.153. The van der Waals surface area contributed by atoms with E-state index in [0.717, 1.165) is 39.5 Å². The van der Waals surface area contributed by atoms with Crippen molar-refractivity contribution in [1.29, 1.82) is 0 Å². The van der Waals surface area contributed by atoms with Crippen LogP contribution in [0, 0.1) is 0 Å². The number of rotatable bonds is 7. The number of nitrogens with two attached hydrogens (primary N) is 2. The van der Waals surface area contributed by atoms with Gasteiger partial charge in [-0.2, -0.15) is 4.98 Å². The summed E-state index contributed by atoms with van der Waals surface area (Å²) in [5.41, 5.74) is 15.2. The van der Waals surface area contributed by atoms with Crippen molar-refractivity contribution in [3.8, 4) is 34.1 Å². The molecule has 0 saturated carbocycles. The Hall–Kier alpha value is -3.68. The third kappa shape index (κ3) is 4.42. The van der Waals surface area contributed by atoms with Crippen LogP contribution in [0.25, 0.3) is 11.1 Å². The average Bonchev–Trinajstić information content (AvgIpc) is 2.76. The second-order valence-corrected chi connectivity index (χ2v) is 7.01. The molecule has 0 fully saturated rings. The molecule has 4 rings (SSSR count). The van der Waals surface area contributed by atoms with Crippen molar-refractivity contribution in [2.75, 3.05) is 37.9 Å². The van der Waals surface area contributed by atoms with Crippen molar-refractivity contribution in [2.24, 2.45) is 0 Å². The van der Waals surface area contributed by atoms with E-state index in [4.69, 9.17) is 30.4 Å². The van der Waals surface area contributed by atoms with Crippen LogP contribution >= 0.6 is 0 Å². The molecule has 1 aliphatic heterocycles. The molecular formula is C23H26N4O4. The van der Waals surface area contributed by atoms with Gasteiger partial charge in [-0.05, 0) is 49.2 Å². The lowest BCUT2D eigenvalue weighted by atomic mass is 9.98. The lowest BCUT2D eigenvalue weighted by molar-refractivity contribution is 0.171. The molecule has 3 aromatic rings. The molecule has 0 spiro atoms. The van der Waals surface area contributed by atoms with Crippen LogP contribution in [0.2, 0.25) is 0 Å². The first-order chi connectivity index (χ1) is 15.1. The van der Waals surface area contributed by atoms with E-state index in [1.54, 1.807) is 6.20 Å². The normalized spacial score (nSPS) is 12.5. The van der Waals surface area contributed by atoms with Crippen molar-refractivity contribution < 1.29 is 18.9 Å². The smallest absolute Gasteiger partial charge is 0.221 e. The fourth-order valence-electron chi connectivity index (χ4n) is 3.56. The van der Waals surface area contributed by atoms with Crippen molar-refractivity contribution in [3.05, 3.63) is 47.7 Å². The second-order valence-electron chi connectivity index (χ2n) is 7.01. The maximum atomic E-state index is 6.03. The van der Waals surface area contributed by atoms with Crippen molar-refractivity contribution >= 4 is 11.8 Å². The van der Waals surface area contributed by atoms with E-state index < -0.39 is 0 Å². The third-order valence-corrected chi connectivity index (χ3v) is 4.87. The van der Waals surface area contributed by atoms with Gasteiger partial charge in [-0.1, -0.05) is 6.07 Å². The molecule has 1 aromatic heterocycles. The van der Waals surface area contributed by atoms with Crippen LogP contribution in [0.1, 0.15) is 25.0 Å². The van der Waals surface area contributed by atoms with Gasteiger partial charge in [0.1, 0.15) is 30.5 Å². The molecule has 4 N–H and O–H groups in total. The van der Waals surface area contributed by atoms with Crippen molar-refractivity contribution in [1.82, 2.24) is 9.97 Å². The SMILES string of the molecule is CCOc1cc(Cc2cnc(N)nc2N)cc(OCC)c1-c1ccc2c(c1)OCCO2. The molecule has 0 bridgehead atoms. The Morgan fingerprint density at radius 1 is 0.935 bits per heavy atom. The predicted molar refractivity (Wildman–Crippen MR) is 119 cm³/mol. The van der Waals surface area contributed by atoms with Crippen LogP contribution in [0.4, 0.5) is 11.8 Å². The number of anilines is 2. The zero-order valence-electron chi connectivity index (χ0n) is 17.7. The lowest BCUT2D eigenvalue weighted by Crippen LogP contribution is -2.15. The Kier molecular flexibility index (Phi) is 5.97. The van der Waals surface area contributed by atoms with E-state index in [1.807, 2.05) is 44.2 Å². The highest BCUT2D eigenvalue weighted by Gasteiger charge is 2.20. The molecule has 0 atom stereocenters. The van der Waals surface area contributed by atoms with E-state index in [1.165, 1.54) is 0 Å². The Morgan fingerprint density at radius 2 is 1.61 bits per heavy atom. The molecule has 1 aliphatic rings. The highest BCUT2D eigenvalue weighted by atomic mass is 16.6. The minimum atomic E-state index is 0.153. The predicted octanol–water partition coefficient (Wildman–Crippen LogP) is 3.47. The van der Waals surface area contributed by atoms with Crippen LogP contribution in [-0.4, -0.2) is 36.4 Å². The van der Waals surface area contributed by atoms with Gasteiger partial charge in [0.25, 0.3) is 0 Å². The second kappa shape index (κ2) is 8.99. The molecule has 31 heavy (non-hydrogen) atoms. The zero-order chi connectivity index (χ0) is 21.8. The summed E-state index contributed by atoms with van der Waals surface area (Å²) in [6.45, 7) is 6.00. The molecular weight excluding hydrogens is 396 g/mol. The fraction of sp³-hybridized carbons (Fsp3) is 0.304. The van der Waals surface area contributed by atoms with Gasteiger partial charge in [-0.3, -0.25) is 0 Å². The van der Waals surface area contributed by atoms with E-state index in [-0.39, 0.29) is 5.95 Å². The number of nitrogen functional groups attached to an aromatic ring is 2. The fourth-order valence-corrected chi connectivity index (χ4v) is 3.56. The maximum Gasteiger partial charge on any atom is 0.221 e. The molecule has 0 radical (unpaired) electrons. The highest BCUT2D eigenvalue weighted by molar-refractivity contribution is 5.79. The van der Waals surface area contributed by atoms with Crippen molar-refractivity contribution in [2.45, 2.75) is 20.3 Å². The summed E-state index contributed by atoms with van der Waals surface area (Å²) in [6.07, 6.45) is 2.17. The van der Waals surface area contributed by atoms with Gasteiger partial charge >= 0.3 is 0 Å². The Bertz CT molecular complexity index is 1060. The third-order valence-electron chi connectivity index (χ3n) is 4.87. The minimum Gasteiger partial charge on any atom is -0.493 e. The van der Waals surface area contributed by atoms with Crippen LogP contribution in [0.15, 0.2) is 36.5 Å². The summed E-state index contributed by atoms with van der Waals surface area (Å²) < 4.78 is 23.5. The number of benzene rings is 2. The van der Waals surface area contributed by atoms with Gasteiger partial charge in [0, 0.05) is 18.2 Å². The summed E-state index contributed by atoms with van der Waals surface area (Å²) in [4.78, 5) is 8.11. The Morgan fingerprint density at radius 3 is 2.26 bits per heavy atom. The van der Waals surface area contributed by atoms with E-state index in [2.05, 4.69) is 9.97 Å². The van der Waals surface area contributed by atoms with Crippen LogP contribution in [0.5, 0.6) is 23.0 Å². The highest BCUT2D eigenvalue weighted by Crippen LogP contribution is 2.43. The summed E-state index contributed by atoms with van der Waals surface area (Å²) in [5.74, 6) is 3.40. The van der Waals surface area contributed by atoms with Crippen molar-refractivity contribution in [3.63, 3.8) is 0 Å². The number of aromatic nitrogens is 2. The van der Waals surface area contributed by atoms with Gasteiger partial charge in [0.05, 0.1) is 18.8 Å². The largest absolute Gasteiger partial charge is 0.493 e. The summed E-state index contributed by atoms with van der Waals surface area (Å²) in [7, 11) is 0. The molecule has 0 amide bonds. The van der Waals surface area contributed by atoms with Crippen LogP contribution in [0.3, 0.4) is 0 Å². The molecule has 8 heteroatoms. The Labute approximate surface area is 181 Å². The summed E-state index contributed by atoms with van der Waals surface area (Å²) in [6, 6.07) is 9.84. The molecule has 0 unspecified atom stereocenters. The monoisotopic (exact) mass is 422 g/mol. The first-order valence-corrected chi connectivity index (χ1v) is 10.3. The molecule has 0 aliphatic carbocycles.